The summed E-state index contributed by atoms with van der Waals surface area (Å²) < 4.78 is 12.0. The number of aromatic nitrogens is 2. The van der Waals surface area contributed by atoms with Crippen molar-refractivity contribution in [2.45, 2.75) is 20.0 Å². The molecule has 0 bridgehead atoms. The van der Waals surface area contributed by atoms with Crippen molar-refractivity contribution in [2.24, 2.45) is 0 Å². The van der Waals surface area contributed by atoms with Crippen LogP contribution in [0.25, 0.3) is 22.7 Å². The van der Waals surface area contributed by atoms with Gasteiger partial charge in [-0.2, -0.15) is 5.26 Å². The molecule has 0 spiro atoms. The Hall–Kier alpha value is -4.83. The van der Waals surface area contributed by atoms with Gasteiger partial charge in [-0.1, -0.05) is 30.3 Å². The average Bonchev–Trinajstić information content (AvgIpc) is 3.31. The molecule has 0 aliphatic heterocycles. The summed E-state index contributed by atoms with van der Waals surface area (Å²) in [6, 6.07) is 20.2. The second-order valence-electron chi connectivity index (χ2n) is 8.00. The number of aromatic amines is 1. The molecule has 4 aromatic rings. The highest BCUT2D eigenvalue weighted by Gasteiger charge is 2.15. The maximum absolute atomic E-state index is 11.1. The van der Waals surface area contributed by atoms with Crippen LogP contribution in [-0.4, -0.2) is 27.7 Å². The van der Waals surface area contributed by atoms with Crippen molar-refractivity contribution in [3.05, 3.63) is 101 Å². The largest absolute Gasteiger partial charge is 0.490 e. The first-order chi connectivity index (χ1) is 17.5. The van der Waals surface area contributed by atoms with Crippen LogP contribution in [0.5, 0.6) is 11.5 Å². The number of nitrogens with zero attached hydrogens (tertiary/aromatic N) is 2. The number of carbonyl (C=O) groups is 1. The highest BCUT2D eigenvalue weighted by atomic mass is 16.5. The fraction of sp³-hybridized carbons (Fsp3) is 0.138. The number of allylic oxidation sites excluding steroid dienone is 2. The molecule has 180 valence electrons. The van der Waals surface area contributed by atoms with Crippen molar-refractivity contribution in [3.8, 4) is 17.6 Å². The van der Waals surface area contributed by atoms with Gasteiger partial charge in [-0.25, -0.2) is 9.78 Å². The van der Waals surface area contributed by atoms with Crippen LogP contribution >= 0.6 is 0 Å². The lowest BCUT2D eigenvalue weighted by molar-refractivity contribution is 0.0697. The second kappa shape index (κ2) is 11.1. The number of benzene rings is 3. The van der Waals surface area contributed by atoms with Gasteiger partial charge < -0.3 is 19.6 Å². The number of nitrogens with one attached hydrogen (secondary N) is 1. The molecule has 0 radical (unpaired) electrons. The molecule has 0 fully saturated rings. The molecule has 36 heavy (non-hydrogen) atoms. The smallest absolute Gasteiger partial charge is 0.335 e. The van der Waals surface area contributed by atoms with Crippen molar-refractivity contribution in [1.29, 1.82) is 5.26 Å². The molecule has 0 aliphatic carbocycles. The highest BCUT2D eigenvalue weighted by molar-refractivity contribution is 5.90. The number of nitriles is 1. The minimum atomic E-state index is -0.975. The predicted molar refractivity (Wildman–Crippen MR) is 139 cm³/mol. The third-order valence-electron chi connectivity index (χ3n) is 5.48. The first-order valence-electron chi connectivity index (χ1n) is 11.4. The van der Waals surface area contributed by atoms with E-state index in [0.29, 0.717) is 35.9 Å². The average molecular weight is 480 g/mol. The van der Waals surface area contributed by atoms with Crippen LogP contribution in [0, 0.1) is 11.3 Å². The maximum atomic E-state index is 11.1. The van der Waals surface area contributed by atoms with Crippen LogP contribution in [0.1, 0.15) is 39.8 Å². The number of hydrogen-bond donors (Lipinski definition) is 2. The van der Waals surface area contributed by atoms with E-state index >= 15 is 0 Å². The summed E-state index contributed by atoms with van der Waals surface area (Å²) in [5.41, 5.74) is 4.71. The van der Waals surface area contributed by atoms with Gasteiger partial charge in [0.05, 0.1) is 28.8 Å². The Morgan fingerprint density at radius 2 is 1.94 bits per heavy atom. The number of hydrogen-bond acceptors (Lipinski definition) is 5. The minimum Gasteiger partial charge on any atom is -0.490 e. The number of fused-ring (bicyclic) bond motifs is 1. The first-order valence-corrected chi connectivity index (χ1v) is 11.4. The fourth-order valence-electron chi connectivity index (χ4n) is 3.80. The van der Waals surface area contributed by atoms with Crippen LogP contribution in [0.4, 0.5) is 0 Å². The number of aromatic carboxylic acids is 1. The maximum Gasteiger partial charge on any atom is 0.335 e. The monoisotopic (exact) mass is 479 g/mol. The fourth-order valence-corrected chi connectivity index (χ4v) is 3.80. The van der Waals surface area contributed by atoms with E-state index in [1.807, 2.05) is 43.3 Å². The first kappa shape index (κ1) is 24.3. The zero-order valence-electron chi connectivity index (χ0n) is 19.8. The van der Waals surface area contributed by atoms with E-state index in [1.54, 1.807) is 36.4 Å². The molecule has 0 atom stereocenters. The van der Waals surface area contributed by atoms with Gasteiger partial charge in [0.2, 0.25) is 0 Å². The number of rotatable bonds is 10. The van der Waals surface area contributed by atoms with Crippen molar-refractivity contribution < 1.29 is 19.4 Å². The van der Waals surface area contributed by atoms with Crippen molar-refractivity contribution >= 4 is 28.7 Å². The van der Waals surface area contributed by atoms with Crippen molar-refractivity contribution in [1.82, 2.24) is 9.97 Å². The van der Waals surface area contributed by atoms with Gasteiger partial charge in [0.15, 0.2) is 11.5 Å². The summed E-state index contributed by atoms with van der Waals surface area (Å²) in [7, 11) is 0. The number of H-pyrrole nitrogens is 1. The topological polar surface area (TPSA) is 108 Å². The van der Waals surface area contributed by atoms with E-state index in [2.05, 4.69) is 22.6 Å². The number of carboxylic acid groups (broad SMARTS) is 1. The summed E-state index contributed by atoms with van der Waals surface area (Å²) in [5.74, 6) is 0.648. The molecule has 1 heterocycles. The Morgan fingerprint density at radius 3 is 2.61 bits per heavy atom. The Labute approximate surface area is 209 Å². The lowest BCUT2D eigenvalue weighted by Gasteiger charge is -2.17. The molecule has 3 aromatic carbocycles. The molecule has 7 heteroatoms. The van der Waals surface area contributed by atoms with Gasteiger partial charge in [0.1, 0.15) is 18.5 Å². The van der Waals surface area contributed by atoms with Gasteiger partial charge in [-0.05, 0) is 66.9 Å². The van der Waals surface area contributed by atoms with E-state index in [0.717, 1.165) is 27.7 Å². The summed E-state index contributed by atoms with van der Waals surface area (Å²) in [5, 5.41) is 18.9. The molecule has 7 nitrogen and oxygen atoms in total. The van der Waals surface area contributed by atoms with E-state index in [-0.39, 0.29) is 12.2 Å². The molecule has 0 saturated carbocycles. The Kier molecular flexibility index (Phi) is 7.47. The molecule has 4 rings (SSSR count). The third-order valence-corrected chi connectivity index (χ3v) is 5.48. The predicted octanol–water partition coefficient (Wildman–Crippen LogP) is 6.03. The van der Waals surface area contributed by atoms with Crippen LogP contribution in [-0.2, 0) is 13.0 Å². The van der Waals surface area contributed by atoms with Crippen molar-refractivity contribution in [2.75, 3.05) is 6.61 Å². The van der Waals surface area contributed by atoms with Crippen LogP contribution < -0.4 is 9.47 Å². The quantitative estimate of drug-likeness (QED) is 0.212. The molecule has 0 saturated heterocycles. The number of para-hydroxylation sites is 2. The highest BCUT2D eigenvalue weighted by Crippen LogP contribution is 2.36. The van der Waals surface area contributed by atoms with Crippen LogP contribution in [0.3, 0.4) is 0 Å². The molecule has 0 unspecified atom stereocenters. The molecule has 1 aromatic heterocycles. The summed E-state index contributed by atoms with van der Waals surface area (Å²) in [6.45, 7) is 6.42. The van der Waals surface area contributed by atoms with Crippen LogP contribution in [0.15, 0.2) is 73.3 Å². The second-order valence-corrected chi connectivity index (χ2v) is 8.00. The summed E-state index contributed by atoms with van der Waals surface area (Å²) >= 11 is 0. The SMILES string of the molecule is C=CCc1cc(/C=C(\C#N)c2nc3ccccc3[nH]2)cc(OCC)c1OCc1ccc(C(=O)O)cc1. The van der Waals surface area contributed by atoms with Crippen LogP contribution in [0.2, 0.25) is 0 Å². The lowest BCUT2D eigenvalue weighted by atomic mass is 10.0. The van der Waals surface area contributed by atoms with Gasteiger partial charge in [-0.15, -0.1) is 6.58 Å². The number of carboxylic acids is 1. The van der Waals surface area contributed by atoms with E-state index in [1.165, 1.54) is 0 Å². The van der Waals surface area contributed by atoms with E-state index < -0.39 is 5.97 Å². The number of imidazole rings is 1. The third kappa shape index (κ3) is 5.45. The van der Waals surface area contributed by atoms with Gasteiger partial charge >= 0.3 is 5.97 Å². The zero-order chi connectivity index (χ0) is 25.5. The summed E-state index contributed by atoms with van der Waals surface area (Å²) in [4.78, 5) is 18.8. The van der Waals surface area contributed by atoms with Gasteiger partial charge in [0, 0.05) is 5.56 Å². The molecule has 0 amide bonds. The zero-order valence-corrected chi connectivity index (χ0v) is 19.8. The molecular formula is C29H25N3O4. The summed E-state index contributed by atoms with van der Waals surface area (Å²) in [6.07, 6.45) is 4.07. The van der Waals surface area contributed by atoms with E-state index in [4.69, 9.17) is 14.6 Å². The Balaban J connectivity index is 1.68. The molecule has 0 aliphatic rings. The van der Waals surface area contributed by atoms with Gasteiger partial charge in [-0.3, -0.25) is 0 Å². The standard InChI is InChI=1S/C29H25N3O4/c1-3-7-22-14-20(15-23(17-30)28-31-24-8-5-6-9-25(24)32-28)16-26(35-4-2)27(22)36-18-19-10-12-21(13-11-19)29(33)34/h3,5-6,8-16H,1,4,7,18H2,2H3,(H,31,32)(H,33,34)/b23-15+. The van der Waals surface area contributed by atoms with E-state index in [9.17, 15) is 10.1 Å². The number of ether oxygens (including phenoxy) is 2. The Morgan fingerprint density at radius 1 is 1.17 bits per heavy atom. The minimum absolute atomic E-state index is 0.218. The molecular weight excluding hydrogens is 454 g/mol. The normalized spacial score (nSPS) is 11.2. The molecule has 2 N–H and O–H groups in total. The van der Waals surface area contributed by atoms with Gasteiger partial charge in [0.25, 0.3) is 0 Å². The Bertz CT molecular complexity index is 1440. The lowest BCUT2D eigenvalue weighted by Crippen LogP contribution is -2.04. The van der Waals surface area contributed by atoms with Crippen molar-refractivity contribution in [3.63, 3.8) is 0 Å².